The lowest BCUT2D eigenvalue weighted by Crippen LogP contribution is -2.36. The summed E-state index contributed by atoms with van der Waals surface area (Å²) >= 11 is 0. The second-order valence-corrected chi connectivity index (χ2v) is 9.35. The zero-order valence-corrected chi connectivity index (χ0v) is 22.2. The molecule has 1 saturated heterocycles. The van der Waals surface area contributed by atoms with Crippen LogP contribution in [0.15, 0.2) is 46.3 Å². The van der Waals surface area contributed by atoms with Crippen molar-refractivity contribution in [3.63, 3.8) is 0 Å². The molecule has 2 aromatic rings. The standard InChI is InChI=1S/C27H37N7O4/c1-19(37-14-11-29-20(2)35)18-31-27(28-3)32-21-6-8-22(9-7-21)38-26-23-5-4-10-30-24(23)17-25(33-26)34-12-15-36-16-13-34/h4-5,10,17-18,21-22H,3,6-9,11-16H2,1-2H3,(H,29,35)(H,31,32)/b19-18+. The van der Waals surface area contributed by atoms with Gasteiger partial charge in [0, 0.05) is 38.5 Å². The van der Waals surface area contributed by atoms with E-state index in [4.69, 9.17) is 24.2 Å². The molecule has 1 aliphatic heterocycles. The summed E-state index contributed by atoms with van der Waals surface area (Å²) in [5, 5.41) is 6.67. The fourth-order valence-electron chi connectivity index (χ4n) is 4.47. The van der Waals surface area contributed by atoms with Gasteiger partial charge < -0.3 is 29.7 Å². The highest BCUT2D eigenvalue weighted by Crippen LogP contribution is 2.31. The van der Waals surface area contributed by atoms with Crippen LogP contribution in [-0.4, -0.2) is 80.2 Å². The number of fused-ring (bicyclic) bond motifs is 1. The average Bonchev–Trinajstić information content (AvgIpc) is 2.94. The van der Waals surface area contributed by atoms with Crippen molar-refractivity contribution < 1.29 is 19.0 Å². The monoisotopic (exact) mass is 523 g/mol. The molecule has 0 unspecified atom stereocenters. The Kier molecular flexibility index (Phi) is 9.85. The van der Waals surface area contributed by atoms with Gasteiger partial charge in [0.05, 0.1) is 36.7 Å². The first-order valence-electron chi connectivity index (χ1n) is 13.1. The molecule has 0 spiro atoms. The Balaban J connectivity index is 1.32. The second-order valence-electron chi connectivity index (χ2n) is 9.35. The lowest BCUT2D eigenvalue weighted by Gasteiger charge is -2.30. The van der Waals surface area contributed by atoms with Crippen molar-refractivity contribution in [3.05, 3.63) is 36.4 Å². The molecule has 11 nitrogen and oxygen atoms in total. The number of aromatic nitrogens is 2. The molecule has 0 radical (unpaired) electrons. The predicted octanol–water partition coefficient (Wildman–Crippen LogP) is 2.82. The number of amides is 1. The minimum absolute atomic E-state index is 0.0598. The minimum Gasteiger partial charge on any atom is -0.495 e. The lowest BCUT2D eigenvalue weighted by molar-refractivity contribution is -0.119. The van der Waals surface area contributed by atoms with Gasteiger partial charge in [-0.3, -0.25) is 9.78 Å². The van der Waals surface area contributed by atoms with Crippen LogP contribution in [0.2, 0.25) is 0 Å². The largest absolute Gasteiger partial charge is 0.495 e. The van der Waals surface area contributed by atoms with E-state index in [0.29, 0.717) is 44.0 Å². The highest BCUT2D eigenvalue weighted by Gasteiger charge is 2.24. The van der Waals surface area contributed by atoms with E-state index in [1.54, 1.807) is 12.4 Å². The summed E-state index contributed by atoms with van der Waals surface area (Å²) in [4.78, 5) is 31.3. The molecule has 2 N–H and O–H groups in total. The van der Waals surface area contributed by atoms with Gasteiger partial charge in [0.25, 0.3) is 0 Å². The van der Waals surface area contributed by atoms with Crippen LogP contribution >= 0.6 is 0 Å². The molecule has 11 heteroatoms. The number of guanidine groups is 1. The number of nitrogens with zero attached hydrogens (tertiary/aromatic N) is 5. The van der Waals surface area contributed by atoms with E-state index in [0.717, 1.165) is 55.5 Å². The Hall–Kier alpha value is -3.73. The summed E-state index contributed by atoms with van der Waals surface area (Å²) in [6.07, 6.45) is 7.04. The third-order valence-electron chi connectivity index (χ3n) is 6.47. The quantitative estimate of drug-likeness (QED) is 0.223. The number of anilines is 1. The second kappa shape index (κ2) is 13.7. The number of aliphatic imine (C=N–C) groups is 2. The summed E-state index contributed by atoms with van der Waals surface area (Å²) in [6, 6.07) is 6.08. The number of hydrogen-bond acceptors (Lipinski definition) is 8. The van der Waals surface area contributed by atoms with Crippen molar-refractivity contribution in [2.75, 3.05) is 44.4 Å². The lowest BCUT2D eigenvalue weighted by atomic mass is 9.93. The minimum atomic E-state index is -0.0816. The number of pyridine rings is 2. The van der Waals surface area contributed by atoms with Gasteiger partial charge in [-0.05, 0) is 51.5 Å². The van der Waals surface area contributed by atoms with E-state index in [9.17, 15) is 4.79 Å². The molecule has 1 amide bonds. The van der Waals surface area contributed by atoms with Crippen LogP contribution in [0.5, 0.6) is 5.88 Å². The third-order valence-corrected chi connectivity index (χ3v) is 6.47. The zero-order valence-electron chi connectivity index (χ0n) is 22.2. The maximum Gasteiger partial charge on any atom is 0.225 e. The van der Waals surface area contributed by atoms with Crippen LogP contribution in [-0.2, 0) is 14.3 Å². The van der Waals surface area contributed by atoms with E-state index in [1.807, 2.05) is 25.1 Å². The molecule has 38 heavy (non-hydrogen) atoms. The maximum absolute atomic E-state index is 10.9. The first-order chi connectivity index (χ1) is 18.5. The maximum atomic E-state index is 10.9. The molecule has 0 bridgehead atoms. The molecule has 1 aliphatic carbocycles. The van der Waals surface area contributed by atoms with Gasteiger partial charge in [-0.15, -0.1) is 0 Å². The number of hydrogen-bond donors (Lipinski definition) is 2. The SMILES string of the molecule is C=NC(=NC1CCC(Oc2nc(N3CCOCC3)cc3ncccc23)CC1)N/C=C(\C)OCCNC(C)=O. The Morgan fingerprint density at radius 3 is 2.79 bits per heavy atom. The molecule has 2 aliphatic rings. The molecule has 204 valence electrons. The van der Waals surface area contributed by atoms with Crippen molar-refractivity contribution in [2.45, 2.75) is 51.7 Å². The molecule has 1 saturated carbocycles. The van der Waals surface area contributed by atoms with Crippen LogP contribution in [0.1, 0.15) is 39.5 Å². The number of morpholine rings is 1. The summed E-state index contributed by atoms with van der Waals surface area (Å²) < 4.78 is 17.5. The van der Waals surface area contributed by atoms with Crippen LogP contribution in [0.3, 0.4) is 0 Å². The van der Waals surface area contributed by atoms with E-state index >= 15 is 0 Å². The number of ether oxygens (including phenoxy) is 3. The highest BCUT2D eigenvalue weighted by molar-refractivity contribution is 5.86. The van der Waals surface area contributed by atoms with Gasteiger partial charge in [-0.25, -0.2) is 9.98 Å². The molecular weight excluding hydrogens is 486 g/mol. The fourth-order valence-corrected chi connectivity index (χ4v) is 4.47. The molecule has 2 aromatic heterocycles. The van der Waals surface area contributed by atoms with E-state index in [2.05, 4.69) is 32.2 Å². The van der Waals surface area contributed by atoms with Gasteiger partial charge >= 0.3 is 0 Å². The van der Waals surface area contributed by atoms with Gasteiger partial charge in [0.2, 0.25) is 17.7 Å². The van der Waals surface area contributed by atoms with Gasteiger partial charge in [0.1, 0.15) is 24.3 Å². The van der Waals surface area contributed by atoms with E-state index < -0.39 is 0 Å². The van der Waals surface area contributed by atoms with Crippen molar-refractivity contribution in [1.82, 2.24) is 20.6 Å². The van der Waals surface area contributed by atoms with E-state index in [1.165, 1.54) is 6.92 Å². The van der Waals surface area contributed by atoms with Crippen LogP contribution in [0, 0.1) is 0 Å². The molecule has 3 heterocycles. The third kappa shape index (κ3) is 7.88. The highest BCUT2D eigenvalue weighted by atomic mass is 16.5. The Morgan fingerprint density at radius 2 is 2.05 bits per heavy atom. The van der Waals surface area contributed by atoms with Gasteiger partial charge in [0.15, 0.2) is 0 Å². The number of allylic oxidation sites excluding steroid dienone is 1. The first-order valence-corrected chi connectivity index (χ1v) is 13.1. The Labute approximate surface area is 223 Å². The van der Waals surface area contributed by atoms with Gasteiger partial charge in [-0.2, -0.15) is 4.98 Å². The predicted molar refractivity (Wildman–Crippen MR) is 148 cm³/mol. The number of carbonyl (C=O) groups is 1. The smallest absolute Gasteiger partial charge is 0.225 e. The Morgan fingerprint density at radius 1 is 1.26 bits per heavy atom. The Bertz CT molecular complexity index is 1160. The van der Waals surface area contributed by atoms with Crippen molar-refractivity contribution in [3.8, 4) is 5.88 Å². The zero-order chi connectivity index (χ0) is 26.7. The van der Waals surface area contributed by atoms with Crippen molar-refractivity contribution in [2.24, 2.45) is 9.98 Å². The molecule has 0 atom stereocenters. The summed E-state index contributed by atoms with van der Waals surface area (Å²) in [5.74, 6) is 2.55. The van der Waals surface area contributed by atoms with Crippen LogP contribution in [0.4, 0.5) is 5.82 Å². The summed E-state index contributed by atoms with van der Waals surface area (Å²) in [7, 11) is 0. The molecule has 4 rings (SSSR count). The average molecular weight is 524 g/mol. The van der Waals surface area contributed by atoms with E-state index in [-0.39, 0.29) is 18.1 Å². The topological polar surface area (TPSA) is 123 Å². The summed E-state index contributed by atoms with van der Waals surface area (Å²) in [6.45, 7) is 10.8. The van der Waals surface area contributed by atoms with Crippen molar-refractivity contribution >= 4 is 35.3 Å². The number of rotatable bonds is 9. The molecule has 2 fully saturated rings. The van der Waals surface area contributed by atoms with Gasteiger partial charge in [-0.1, -0.05) is 0 Å². The fraction of sp³-hybridized carbons (Fsp3) is 0.519. The molecule has 0 aromatic carbocycles. The number of carbonyl (C=O) groups excluding carboxylic acids is 1. The first kappa shape index (κ1) is 27.3. The molecular formula is C27H37N7O4. The number of nitrogens with one attached hydrogen (secondary N) is 2. The summed E-state index contributed by atoms with van der Waals surface area (Å²) in [5.41, 5.74) is 0.882. The van der Waals surface area contributed by atoms with Crippen LogP contribution < -0.4 is 20.3 Å². The normalized spacial score (nSPS) is 20.6. The van der Waals surface area contributed by atoms with Crippen LogP contribution in [0.25, 0.3) is 10.9 Å². The van der Waals surface area contributed by atoms with Crippen molar-refractivity contribution in [1.29, 1.82) is 0 Å².